The Morgan fingerprint density at radius 3 is 2.62 bits per heavy atom. The number of hydrogen-bond donors (Lipinski definition) is 1. The van der Waals surface area contributed by atoms with Gasteiger partial charge in [0.05, 0.1) is 15.7 Å². The number of anilines is 1. The monoisotopic (exact) mass is 346 g/mol. The van der Waals surface area contributed by atoms with E-state index in [0.717, 1.165) is 12.8 Å². The third-order valence-corrected chi connectivity index (χ3v) is 4.09. The fourth-order valence-corrected chi connectivity index (χ4v) is 2.55. The molecule has 0 aromatic heterocycles. The minimum atomic E-state index is -0.416. The van der Waals surface area contributed by atoms with Crippen molar-refractivity contribution in [2.75, 3.05) is 5.32 Å². The molecule has 0 radical (unpaired) electrons. The molecule has 0 spiro atoms. The Hall–Kier alpha value is -1.86. The molecule has 0 aliphatic carbocycles. The van der Waals surface area contributed by atoms with Crippen LogP contribution in [0.2, 0.25) is 0 Å². The molecule has 0 bridgehead atoms. The predicted molar refractivity (Wildman–Crippen MR) is 86.7 cm³/mol. The first kappa shape index (κ1) is 15.5. The van der Waals surface area contributed by atoms with Gasteiger partial charge in [-0.1, -0.05) is 30.3 Å². The molecule has 2 aromatic rings. The molecule has 0 saturated carbocycles. The van der Waals surface area contributed by atoms with Crippen molar-refractivity contribution in [3.05, 3.63) is 63.9 Å². The average molecular weight is 347 g/mol. The summed E-state index contributed by atoms with van der Waals surface area (Å²) in [6.45, 7) is 2.02. The third kappa shape index (κ3) is 4.05. The van der Waals surface area contributed by atoms with Gasteiger partial charge in [-0.25, -0.2) is 4.39 Å². The Balaban J connectivity index is 1.99. The van der Waals surface area contributed by atoms with E-state index in [1.54, 1.807) is 12.1 Å². The summed E-state index contributed by atoms with van der Waals surface area (Å²) in [5.74, 6) is -0.416. The average Bonchev–Trinajstić information content (AvgIpc) is 2.51. The van der Waals surface area contributed by atoms with E-state index in [4.69, 9.17) is 5.26 Å². The maximum Gasteiger partial charge on any atom is 0.161 e. The third-order valence-electron chi connectivity index (χ3n) is 3.31. The first-order valence-electron chi connectivity index (χ1n) is 6.80. The van der Waals surface area contributed by atoms with Gasteiger partial charge in [-0.2, -0.15) is 5.26 Å². The van der Waals surface area contributed by atoms with Gasteiger partial charge in [0, 0.05) is 6.04 Å². The standard InChI is InChI=1S/C17H16BrFN2/c1-12(7-8-13-5-3-2-4-6-13)21-15-10-9-14(11-20)16(18)17(15)19/h2-6,9-10,12,21H,7-8H2,1H3. The number of aryl methyl sites for hydroxylation is 1. The molecule has 0 fully saturated rings. The number of nitrogens with one attached hydrogen (secondary N) is 1. The minimum Gasteiger partial charge on any atom is -0.380 e. The van der Waals surface area contributed by atoms with E-state index in [2.05, 4.69) is 33.4 Å². The summed E-state index contributed by atoms with van der Waals surface area (Å²) in [7, 11) is 0. The molecule has 0 saturated heterocycles. The van der Waals surface area contributed by atoms with Crippen LogP contribution in [0.5, 0.6) is 0 Å². The first-order valence-corrected chi connectivity index (χ1v) is 7.59. The largest absolute Gasteiger partial charge is 0.380 e. The molecule has 1 atom stereocenters. The van der Waals surface area contributed by atoms with Crippen LogP contribution in [0.25, 0.3) is 0 Å². The van der Waals surface area contributed by atoms with Gasteiger partial charge in [-0.3, -0.25) is 0 Å². The Bertz CT molecular complexity index is 650. The highest BCUT2D eigenvalue weighted by Crippen LogP contribution is 2.27. The molecular formula is C17H16BrFN2. The smallest absolute Gasteiger partial charge is 0.161 e. The second-order valence-corrected chi connectivity index (χ2v) is 5.76. The van der Waals surface area contributed by atoms with Crippen LogP contribution >= 0.6 is 15.9 Å². The Morgan fingerprint density at radius 1 is 1.24 bits per heavy atom. The number of rotatable bonds is 5. The van der Waals surface area contributed by atoms with E-state index in [1.165, 1.54) is 5.56 Å². The zero-order valence-corrected chi connectivity index (χ0v) is 13.3. The number of hydrogen-bond acceptors (Lipinski definition) is 2. The lowest BCUT2D eigenvalue weighted by atomic mass is 10.1. The van der Waals surface area contributed by atoms with Crippen LogP contribution in [0.1, 0.15) is 24.5 Å². The summed E-state index contributed by atoms with van der Waals surface area (Å²) in [6, 6.07) is 15.5. The van der Waals surface area contributed by atoms with E-state index < -0.39 is 5.82 Å². The van der Waals surface area contributed by atoms with Crippen LogP contribution < -0.4 is 5.32 Å². The molecule has 1 unspecified atom stereocenters. The summed E-state index contributed by atoms with van der Waals surface area (Å²) in [6.07, 6.45) is 1.84. The summed E-state index contributed by atoms with van der Waals surface area (Å²) < 4.78 is 14.3. The first-order chi connectivity index (χ1) is 10.1. The van der Waals surface area contributed by atoms with Crippen LogP contribution in [0.3, 0.4) is 0 Å². The Kier molecular flexibility index (Phi) is 5.35. The molecule has 0 aliphatic heterocycles. The van der Waals surface area contributed by atoms with Crippen LogP contribution in [-0.4, -0.2) is 6.04 Å². The lowest BCUT2D eigenvalue weighted by molar-refractivity contribution is 0.615. The minimum absolute atomic E-state index is 0.138. The molecule has 2 nitrogen and oxygen atoms in total. The van der Waals surface area contributed by atoms with Gasteiger partial charge >= 0.3 is 0 Å². The normalized spacial score (nSPS) is 11.7. The van der Waals surface area contributed by atoms with Crippen molar-refractivity contribution in [2.45, 2.75) is 25.8 Å². The highest BCUT2D eigenvalue weighted by Gasteiger charge is 2.12. The second-order valence-electron chi connectivity index (χ2n) is 4.97. The molecule has 1 N–H and O–H groups in total. The number of nitrogens with zero attached hydrogens (tertiary/aromatic N) is 1. The molecule has 0 heterocycles. The van der Waals surface area contributed by atoms with Crippen LogP contribution in [-0.2, 0) is 6.42 Å². The zero-order valence-electron chi connectivity index (χ0n) is 11.7. The Labute approximate surface area is 132 Å². The summed E-state index contributed by atoms with van der Waals surface area (Å²) >= 11 is 3.12. The molecule has 0 amide bonds. The molecule has 108 valence electrons. The van der Waals surface area contributed by atoms with E-state index in [-0.39, 0.29) is 10.5 Å². The second kappa shape index (κ2) is 7.24. The molecule has 21 heavy (non-hydrogen) atoms. The van der Waals surface area contributed by atoms with Gasteiger partial charge < -0.3 is 5.32 Å². The van der Waals surface area contributed by atoms with E-state index in [9.17, 15) is 4.39 Å². The van der Waals surface area contributed by atoms with Crippen LogP contribution in [0.15, 0.2) is 46.9 Å². The summed E-state index contributed by atoms with van der Waals surface area (Å²) in [4.78, 5) is 0. The predicted octanol–water partition coefficient (Wildman–Crippen LogP) is 4.89. The van der Waals surface area contributed by atoms with Crippen molar-refractivity contribution in [2.24, 2.45) is 0 Å². The molecular weight excluding hydrogens is 331 g/mol. The summed E-state index contributed by atoms with van der Waals surface area (Å²) in [5.41, 5.74) is 1.99. The number of nitriles is 1. The topological polar surface area (TPSA) is 35.8 Å². The van der Waals surface area contributed by atoms with Crippen molar-refractivity contribution in [1.29, 1.82) is 5.26 Å². The highest BCUT2D eigenvalue weighted by molar-refractivity contribution is 9.10. The van der Waals surface area contributed by atoms with Gasteiger partial charge in [0.25, 0.3) is 0 Å². The van der Waals surface area contributed by atoms with Gasteiger partial charge in [0.2, 0.25) is 0 Å². The maximum absolute atomic E-state index is 14.1. The highest BCUT2D eigenvalue weighted by atomic mass is 79.9. The SMILES string of the molecule is CC(CCc1ccccc1)Nc1ccc(C#N)c(Br)c1F. The molecule has 0 aliphatic rings. The molecule has 2 aromatic carbocycles. The van der Waals surface area contributed by atoms with Crippen molar-refractivity contribution in [1.82, 2.24) is 0 Å². The van der Waals surface area contributed by atoms with Crippen LogP contribution in [0.4, 0.5) is 10.1 Å². The van der Waals surface area contributed by atoms with Gasteiger partial charge in [-0.15, -0.1) is 0 Å². The van der Waals surface area contributed by atoms with E-state index in [0.29, 0.717) is 11.3 Å². The molecule has 2 rings (SSSR count). The van der Waals surface area contributed by atoms with E-state index >= 15 is 0 Å². The maximum atomic E-state index is 14.1. The van der Waals surface area contributed by atoms with Crippen molar-refractivity contribution in [3.63, 3.8) is 0 Å². The van der Waals surface area contributed by atoms with Gasteiger partial charge in [0.1, 0.15) is 6.07 Å². The number of halogens is 2. The van der Waals surface area contributed by atoms with Crippen molar-refractivity contribution < 1.29 is 4.39 Å². The molecule has 4 heteroatoms. The fraction of sp³-hybridized carbons (Fsp3) is 0.235. The zero-order chi connectivity index (χ0) is 15.2. The van der Waals surface area contributed by atoms with Gasteiger partial charge in [0.15, 0.2) is 5.82 Å². The quantitative estimate of drug-likeness (QED) is 0.836. The fourth-order valence-electron chi connectivity index (χ4n) is 2.11. The van der Waals surface area contributed by atoms with Gasteiger partial charge in [-0.05, 0) is 53.4 Å². The number of benzene rings is 2. The van der Waals surface area contributed by atoms with Crippen molar-refractivity contribution >= 4 is 21.6 Å². The lowest BCUT2D eigenvalue weighted by Gasteiger charge is -2.16. The Morgan fingerprint density at radius 2 is 1.95 bits per heavy atom. The van der Waals surface area contributed by atoms with E-state index in [1.807, 2.05) is 31.2 Å². The van der Waals surface area contributed by atoms with Crippen LogP contribution in [0, 0.1) is 17.1 Å². The summed E-state index contributed by atoms with van der Waals surface area (Å²) in [5, 5.41) is 12.0. The van der Waals surface area contributed by atoms with Crippen molar-refractivity contribution in [3.8, 4) is 6.07 Å². The lowest BCUT2D eigenvalue weighted by Crippen LogP contribution is -2.17.